The summed E-state index contributed by atoms with van der Waals surface area (Å²) in [5.74, 6) is 0. The largest absolute Gasteiger partial charge is 0.326 e. The molecule has 0 spiro atoms. The highest BCUT2D eigenvalue weighted by molar-refractivity contribution is 9.10. The quantitative estimate of drug-likeness (QED) is 0.881. The lowest BCUT2D eigenvalue weighted by Crippen LogP contribution is -1.98. The summed E-state index contributed by atoms with van der Waals surface area (Å²) in [6.07, 6.45) is 0. The van der Waals surface area contributed by atoms with Gasteiger partial charge in [0.2, 0.25) is 0 Å². The van der Waals surface area contributed by atoms with Gasteiger partial charge in [-0.3, -0.25) is 0 Å². The number of hydrogen-bond donors (Lipinski definition) is 1. The van der Waals surface area contributed by atoms with Crippen LogP contribution in [0, 0.1) is 6.07 Å². The van der Waals surface area contributed by atoms with Gasteiger partial charge >= 0.3 is 0 Å². The molecular formula is C13H11BrN. The number of halogens is 1. The van der Waals surface area contributed by atoms with Crippen LogP contribution < -0.4 is 5.73 Å². The Morgan fingerprint density at radius 1 is 1.27 bits per heavy atom. The van der Waals surface area contributed by atoms with E-state index < -0.39 is 0 Å². The Kier molecular flexibility index (Phi) is 3.19. The summed E-state index contributed by atoms with van der Waals surface area (Å²) in [5, 5.41) is 0. The number of hydrogen-bond acceptors (Lipinski definition) is 1. The van der Waals surface area contributed by atoms with Crippen molar-refractivity contribution in [2.45, 2.75) is 6.54 Å². The zero-order chi connectivity index (χ0) is 10.7. The van der Waals surface area contributed by atoms with Crippen molar-refractivity contribution in [2.24, 2.45) is 5.73 Å². The second-order valence-electron chi connectivity index (χ2n) is 3.30. The molecule has 0 aromatic heterocycles. The minimum atomic E-state index is 0.545. The molecule has 0 unspecified atom stereocenters. The molecule has 2 N–H and O–H groups in total. The van der Waals surface area contributed by atoms with Crippen LogP contribution in [0.1, 0.15) is 5.56 Å². The minimum Gasteiger partial charge on any atom is -0.326 e. The Bertz CT molecular complexity index is 451. The maximum absolute atomic E-state index is 5.73. The van der Waals surface area contributed by atoms with E-state index in [1.807, 2.05) is 24.3 Å². The lowest BCUT2D eigenvalue weighted by molar-refractivity contribution is 1.07. The number of rotatable bonds is 2. The van der Waals surface area contributed by atoms with E-state index in [-0.39, 0.29) is 0 Å². The van der Waals surface area contributed by atoms with Crippen LogP contribution in [0.25, 0.3) is 11.1 Å². The van der Waals surface area contributed by atoms with E-state index in [0.29, 0.717) is 6.54 Å². The summed E-state index contributed by atoms with van der Waals surface area (Å²) >= 11 is 3.45. The molecule has 15 heavy (non-hydrogen) atoms. The van der Waals surface area contributed by atoms with Crippen molar-refractivity contribution in [1.29, 1.82) is 0 Å². The summed E-state index contributed by atoms with van der Waals surface area (Å²) in [4.78, 5) is 0. The Morgan fingerprint density at radius 2 is 2.13 bits per heavy atom. The van der Waals surface area contributed by atoms with Crippen molar-refractivity contribution in [3.63, 3.8) is 0 Å². The van der Waals surface area contributed by atoms with Crippen molar-refractivity contribution in [2.75, 3.05) is 0 Å². The van der Waals surface area contributed by atoms with Crippen LogP contribution in [-0.2, 0) is 6.54 Å². The van der Waals surface area contributed by atoms with Crippen molar-refractivity contribution in [3.8, 4) is 11.1 Å². The molecule has 0 fully saturated rings. The fourth-order valence-corrected chi connectivity index (χ4v) is 1.98. The predicted octanol–water partition coefficient (Wildman–Crippen LogP) is 3.37. The molecule has 2 aromatic rings. The topological polar surface area (TPSA) is 26.0 Å². The van der Waals surface area contributed by atoms with Gasteiger partial charge in [-0.15, -0.1) is 0 Å². The maximum atomic E-state index is 5.73. The molecule has 0 aliphatic carbocycles. The highest BCUT2D eigenvalue weighted by atomic mass is 79.9. The summed E-state index contributed by atoms with van der Waals surface area (Å²) in [6, 6.07) is 17.2. The summed E-state index contributed by atoms with van der Waals surface area (Å²) in [6.45, 7) is 0.545. The minimum absolute atomic E-state index is 0.545. The molecule has 0 aliphatic heterocycles. The van der Waals surface area contributed by atoms with Crippen molar-refractivity contribution < 1.29 is 0 Å². The highest BCUT2D eigenvalue weighted by Gasteiger charge is 2.03. The van der Waals surface area contributed by atoms with Gasteiger partial charge in [-0.05, 0) is 41.0 Å². The van der Waals surface area contributed by atoms with Crippen LogP contribution in [-0.4, -0.2) is 0 Å². The molecule has 0 aliphatic rings. The van der Waals surface area contributed by atoms with Crippen LogP contribution >= 0.6 is 15.9 Å². The lowest BCUT2D eigenvalue weighted by atomic mass is 10.00. The van der Waals surface area contributed by atoms with Crippen molar-refractivity contribution >= 4 is 15.9 Å². The maximum Gasteiger partial charge on any atom is 0.0184 e. The van der Waals surface area contributed by atoms with Crippen LogP contribution in [0.5, 0.6) is 0 Å². The third kappa shape index (κ3) is 2.28. The predicted molar refractivity (Wildman–Crippen MR) is 66.3 cm³/mol. The first-order valence-corrected chi connectivity index (χ1v) is 5.55. The number of benzene rings is 2. The Morgan fingerprint density at radius 3 is 2.80 bits per heavy atom. The van der Waals surface area contributed by atoms with Gasteiger partial charge in [0, 0.05) is 11.0 Å². The fourth-order valence-electron chi connectivity index (χ4n) is 1.57. The third-order valence-electron chi connectivity index (χ3n) is 2.31. The molecule has 0 saturated heterocycles. The van der Waals surface area contributed by atoms with Gasteiger partial charge in [0.15, 0.2) is 0 Å². The Labute approximate surface area is 98.1 Å². The Balaban J connectivity index is 2.53. The summed E-state index contributed by atoms with van der Waals surface area (Å²) in [5.41, 5.74) is 9.20. The van der Waals surface area contributed by atoms with Gasteiger partial charge < -0.3 is 5.73 Å². The molecule has 2 aromatic carbocycles. The standard InChI is InChI=1S/C13H11BrN/c14-12-6-7-13(11(8-12)9-15)10-4-2-1-3-5-10/h1-2,4-8H,9,15H2. The molecule has 0 heterocycles. The molecule has 0 amide bonds. The zero-order valence-corrected chi connectivity index (χ0v) is 9.79. The van der Waals surface area contributed by atoms with E-state index in [0.717, 1.165) is 15.6 Å². The average Bonchev–Trinajstić information content (AvgIpc) is 2.30. The molecular weight excluding hydrogens is 250 g/mol. The first-order chi connectivity index (χ1) is 7.31. The smallest absolute Gasteiger partial charge is 0.0184 e. The zero-order valence-electron chi connectivity index (χ0n) is 8.20. The van der Waals surface area contributed by atoms with E-state index in [1.54, 1.807) is 0 Å². The van der Waals surface area contributed by atoms with E-state index >= 15 is 0 Å². The van der Waals surface area contributed by atoms with Crippen molar-refractivity contribution in [3.05, 3.63) is 58.6 Å². The van der Waals surface area contributed by atoms with Crippen LogP contribution in [0.2, 0.25) is 0 Å². The van der Waals surface area contributed by atoms with Gasteiger partial charge in [0.05, 0.1) is 0 Å². The highest BCUT2D eigenvalue weighted by Crippen LogP contribution is 2.25. The molecule has 1 radical (unpaired) electrons. The molecule has 2 heteroatoms. The Hall–Kier alpha value is -1.12. The lowest BCUT2D eigenvalue weighted by Gasteiger charge is -2.08. The fraction of sp³-hybridized carbons (Fsp3) is 0.0769. The van der Waals surface area contributed by atoms with E-state index in [4.69, 9.17) is 5.73 Å². The molecule has 1 nitrogen and oxygen atoms in total. The van der Waals surface area contributed by atoms with Gasteiger partial charge in [-0.1, -0.05) is 40.2 Å². The monoisotopic (exact) mass is 260 g/mol. The van der Waals surface area contributed by atoms with Crippen LogP contribution in [0.15, 0.2) is 46.9 Å². The molecule has 0 bridgehead atoms. The molecule has 75 valence electrons. The van der Waals surface area contributed by atoms with E-state index in [2.05, 4.69) is 40.2 Å². The third-order valence-corrected chi connectivity index (χ3v) is 2.80. The van der Waals surface area contributed by atoms with Crippen LogP contribution in [0.3, 0.4) is 0 Å². The SMILES string of the molecule is NCc1cc(Br)ccc1-c1c[c]ccc1. The van der Waals surface area contributed by atoms with Crippen molar-refractivity contribution in [1.82, 2.24) is 0 Å². The molecule has 0 saturated carbocycles. The second kappa shape index (κ2) is 4.60. The average molecular weight is 261 g/mol. The normalized spacial score (nSPS) is 10.3. The summed E-state index contributed by atoms with van der Waals surface area (Å²) in [7, 11) is 0. The molecule has 0 atom stereocenters. The second-order valence-corrected chi connectivity index (χ2v) is 4.21. The van der Waals surface area contributed by atoms with Gasteiger partial charge in [0.1, 0.15) is 0 Å². The molecule has 2 rings (SSSR count). The van der Waals surface area contributed by atoms with E-state index in [1.165, 1.54) is 5.56 Å². The van der Waals surface area contributed by atoms with Gasteiger partial charge in [0.25, 0.3) is 0 Å². The first-order valence-electron chi connectivity index (χ1n) is 4.76. The van der Waals surface area contributed by atoms with E-state index in [9.17, 15) is 0 Å². The van der Waals surface area contributed by atoms with Gasteiger partial charge in [-0.25, -0.2) is 0 Å². The van der Waals surface area contributed by atoms with Crippen LogP contribution in [0.4, 0.5) is 0 Å². The number of nitrogens with two attached hydrogens (primary N) is 1. The van der Waals surface area contributed by atoms with Gasteiger partial charge in [-0.2, -0.15) is 0 Å². The summed E-state index contributed by atoms with van der Waals surface area (Å²) < 4.78 is 1.06. The first kappa shape index (κ1) is 10.4.